The van der Waals surface area contributed by atoms with Crippen molar-refractivity contribution in [1.82, 2.24) is 4.90 Å². The zero-order valence-electron chi connectivity index (χ0n) is 22.9. The molecule has 0 aliphatic carbocycles. The SMILES string of the molecule is CCOC(Cc1ccc(OCCN(CCCCCC(C)(F)F)C(=O)Oc2ccc(C)c([N+](=O)[O-])c2)cc1)C(=O)O. The first-order valence-corrected chi connectivity index (χ1v) is 13.1. The van der Waals surface area contributed by atoms with Crippen molar-refractivity contribution in [1.29, 1.82) is 0 Å². The Hall–Kier alpha value is -3.80. The first-order valence-electron chi connectivity index (χ1n) is 13.1. The Balaban J connectivity index is 1.99. The molecular weight excluding hydrogens is 530 g/mol. The van der Waals surface area contributed by atoms with Crippen LogP contribution in [0.2, 0.25) is 0 Å². The molecule has 1 atom stereocenters. The van der Waals surface area contributed by atoms with Crippen molar-refractivity contribution in [3.63, 3.8) is 0 Å². The number of unbranched alkanes of at least 4 members (excludes halogenated alkanes) is 2. The molecule has 0 spiro atoms. The Labute approximate surface area is 232 Å². The van der Waals surface area contributed by atoms with Crippen molar-refractivity contribution in [2.45, 2.75) is 64.9 Å². The summed E-state index contributed by atoms with van der Waals surface area (Å²) in [6.07, 6.45) is -0.511. The minimum atomic E-state index is -2.75. The van der Waals surface area contributed by atoms with Gasteiger partial charge in [-0.2, -0.15) is 0 Å². The van der Waals surface area contributed by atoms with Crippen LogP contribution in [0.5, 0.6) is 11.5 Å². The van der Waals surface area contributed by atoms with E-state index in [-0.39, 0.29) is 50.6 Å². The maximum atomic E-state index is 13.1. The standard InChI is InChI=1S/C28H36F2N2O8/c1-4-38-25(26(33)34)18-21-9-12-22(13-10-21)39-17-16-31(15-7-5-6-14-28(3,29)30)27(35)40-23-11-8-20(2)24(19-23)32(36)37/h8-13,19,25H,4-7,14-18H2,1-3H3,(H,33,34). The fraction of sp³-hybridized carbons (Fsp3) is 0.500. The molecule has 40 heavy (non-hydrogen) atoms. The Morgan fingerprint density at radius 1 is 1.07 bits per heavy atom. The van der Waals surface area contributed by atoms with E-state index < -0.39 is 29.0 Å². The van der Waals surface area contributed by atoms with Crippen LogP contribution in [0.25, 0.3) is 0 Å². The normalized spacial score (nSPS) is 12.0. The molecule has 1 unspecified atom stereocenters. The largest absolute Gasteiger partial charge is 0.492 e. The van der Waals surface area contributed by atoms with E-state index in [9.17, 15) is 33.6 Å². The van der Waals surface area contributed by atoms with Gasteiger partial charge in [-0.25, -0.2) is 18.4 Å². The molecule has 1 amide bonds. The van der Waals surface area contributed by atoms with Crippen molar-refractivity contribution in [3.05, 3.63) is 63.7 Å². The number of aryl methyl sites for hydroxylation is 1. The topological polar surface area (TPSA) is 128 Å². The Kier molecular flexibility index (Phi) is 12.7. The maximum Gasteiger partial charge on any atom is 0.415 e. The van der Waals surface area contributed by atoms with Crippen LogP contribution in [0.15, 0.2) is 42.5 Å². The number of rotatable bonds is 17. The van der Waals surface area contributed by atoms with Gasteiger partial charge in [-0.3, -0.25) is 10.1 Å². The lowest BCUT2D eigenvalue weighted by Crippen LogP contribution is -2.37. The second-order valence-electron chi connectivity index (χ2n) is 9.42. The summed E-state index contributed by atoms with van der Waals surface area (Å²) < 4.78 is 42.6. The van der Waals surface area contributed by atoms with Crippen LogP contribution in [-0.4, -0.2) is 65.3 Å². The van der Waals surface area contributed by atoms with E-state index in [1.54, 1.807) is 38.1 Å². The molecule has 0 fully saturated rings. The number of carboxylic acids is 1. The summed E-state index contributed by atoms with van der Waals surface area (Å²) in [7, 11) is 0. The lowest BCUT2D eigenvalue weighted by molar-refractivity contribution is -0.385. The number of amides is 1. The van der Waals surface area contributed by atoms with E-state index in [0.717, 1.165) is 12.5 Å². The molecule has 0 aliphatic heterocycles. The van der Waals surface area contributed by atoms with E-state index in [0.29, 0.717) is 30.6 Å². The van der Waals surface area contributed by atoms with E-state index in [1.165, 1.54) is 23.1 Å². The second kappa shape index (κ2) is 15.7. The highest BCUT2D eigenvalue weighted by molar-refractivity contribution is 5.72. The summed E-state index contributed by atoms with van der Waals surface area (Å²) in [5, 5.41) is 20.5. The molecular formula is C28H36F2N2O8. The summed E-state index contributed by atoms with van der Waals surface area (Å²) in [6.45, 7) is 4.87. The molecule has 0 saturated heterocycles. The van der Waals surface area contributed by atoms with Crippen LogP contribution >= 0.6 is 0 Å². The highest BCUT2D eigenvalue weighted by Crippen LogP contribution is 2.25. The highest BCUT2D eigenvalue weighted by Gasteiger charge is 2.22. The minimum Gasteiger partial charge on any atom is -0.492 e. The number of nitrogens with zero attached hydrogens (tertiary/aromatic N) is 2. The minimum absolute atomic E-state index is 0.0150. The van der Waals surface area contributed by atoms with Crippen molar-refractivity contribution in [2.24, 2.45) is 0 Å². The quantitative estimate of drug-likeness (QED) is 0.140. The van der Waals surface area contributed by atoms with Crippen LogP contribution in [0, 0.1) is 17.0 Å². The second-order valence-corrected chi connectivity index (χ2v) is 9.42. The van der Waals surface area contributed by atoms with Crippen molar-refractivity contribution >= 4 is 17.7 Å². The third-order valence-corrected chi connectivity index (χ3v) is 6.00. The monoisotopic (exact) mass is 566 g/mol. The number of hydrogen-bond acceptors (Lipinski definition) is 7. The molecule has 2 rings (SSSR count). The first kappa shape index (κ1) is 32.4. The molecule has 10 nitrogen and oxygen atoms in total. The maximum absolute atomic E-state index is 13.1. The van der Waals surface area contributed by atoms with Gasteiger partial charge in [0.15, 0.2) is 6.10 Å². The number of ether oxygens (including phenoxy) is 3. The summed E-state index contributed by atoms with van der Waals surface area (Å²) in [5.41, 5.74) is 0.994. The predicted molar refractivity (Wildman–Crippen MR) is 143 cm³/mol. The van der Waals surface area contributed by atoms with Crippen LogP contribution in [0.1, 0.15) is 50.7 Å². The van der Waals surface area contributed by atoms with Crippen LogP contribution in [0.4, 0.5) is 19.3 Å². The molecule has 0 bridgehead atoms. The van der Waals surface area contributed by atoms with E-state index in [1.807, 2.05) is 0 Å². The molecule has 2 aromatic carbocycles. The van der Waals surface area contributed by atoms with Gasteiger partial charge in [0, 0.05) is 31.6 Å². The Morgan fingerprint density at radius 2 is 1.75 bits per heavy atom. The zero-order chi connectivity index (χ0) is 29.7. The third-order valence-electron chi connectivity index (χ3n) is 6.00. The fourth-order valence-electron chi connectivity index (χ4n) is 3.85. The van der Waals surface area contributed by atoms with Gasteiger partial charge in [-0.15, -0.1) is 0 Å². The summed E-state index contributed by atoms with van der Waals surface area (Å²) in [5.74, 6) is -3.28. The van der Waals surface area contributed by atoms with E-state index >= 15 is 0 Å². The molecule has 2 aromatic rings. The summed E-state index contributed by atoms with van der Waals surface area (Å²) in [6, 6.07) is 10.9. The molecule has 0 aliphatic rings. The van der Waals surface area contributed by atoms with Crippen molar-refractivity contribution in [3.8, 4) is 11.5 Å². The molecule has 220 valence electrons. The lowest BCUT2D eigenvalue weighted by atomic mass is 10.1. The number of nitro groups is 1. The van der Waals surface area contributed by atoms with Gasteiger partial charge < -0.3 is 24.2 Å². The molecule has 0 aromatic heterocycles. The van der Waals surface area contributed by atoms with E-state index in [4.69, 9.17) is 14.2 Å². The van der Waals surface area contributed by atoms with Gasteiger partial charge in [0.2, 0.25) is 5.92 Å². The highest BCUT2D eigenvalue weighted by atomic mass is 19.3. The number of aliphatic carboxylic acids is 1. The summed E-state index contributed by atoms with van der Waals surface area (Å²) in [4.78, 5) is 36.2. The van der Waals surface area contributed by atoms with Gasteiger partial charge in [-0.1, -0.05) is 18.6 Å². The number of nitro benzene ring substituents is 1. The number of carbonyl (C=O) groups is 2. The van der Waals surface area contributed by atoms with Crippen molar-refractivity contribution < 1.29 is 42.6 Å². The number of halogens is 2. The van der Waals surface area contributed by atoms with Gasteiger partial charge in [0.25, 0.3) is 5.69 Å². The van der Waals surface area contributed by atoms with E-state index in [2.05, 4.69) is 0 Å². The lowest BCUT2D eigenvalue weighted by Gasteiger charge is -2.22. The predicted octanol–water partition coefficient (Wildman–Crippen LogP) is 6.03. The molecule has 1 N–H and O–H groups in total. The van der Waals surface area contributed by atoms with Crippen LogP contribution in [-0.2, 0) is 16.0 Å². The Bertz CT molecular complexity index is 1120. The first-order chi connectivity index (χ1) is 18.9. The van der Waals surface area contributed by atoms with Gasteiger partial charge in [0.05, 0.1) is 17.5 Å². The third kappa shape index (κ3) is 11.5. The molecule has 12 heteroatoms. The smallest absolute Gasteiger partial charge is 0.415 e. The molecule has 0 radical (unpaired) electrons. The average molecular weight is 567 g/mol. The molecule has 0 saturated carbocycles. The van der Waals surface area contributed by atoms with Crippen LogP contribution < -0.4 is 9.47 Å². The van der Waals surface area contributed by atoms with Crippen molar-refractivity contribution in [2.75, 3.05) is 26.3 Å². The number of hydrogen-bond donors (Lipinski definition) is 1. The van der Waals surface area contributed by atoms with Gasteiger partial charge in [-0.05, 0) is 63.4 Å². The zero-order valence-corrected chi connectivity index (χ0v) is 22.9. The number of benzene rings is 2. The summed E-state index contributed by atoms with van der Waals surface area (Å²) >= 11 is 0. The number of carboxylic acid groups (broad SMARTS) is 1. The van der Waals surface area contributed by atoms with Gasteiger partial charge >= 0.3 is 12.1 Å². The molecule has 0 heterocycles. The number of carbonyl (C=O) groups excluding carboxylic acids is 1. The van der Waals surface area contributed by atoms with Crippen LogP contribution in [0.3, 0.4) is 0 Å². The fourth-order valence-corrected chi connectivity index (χ4v) is 3.85. The Morgan fingerprint density at radius 3 is 2.35 bits per heavy atom. The number of alkyl halides is 2. The average Bonchev–Trinajstić information content (AvgIpc) is 2.88. The van der Waals surface area contributed by atoms with Gasteiger partial charge in [0.1, 0.15) is 18.1 Å².